The van der Waals surface area contributed by atoms with Crippen molar-refractivity contribution >= 4 is 18.5 Å². The third-order valence-corrected chi connectivity index (χ3v) is 1.34. The van der Waals surface area contributed by atoms with Crippen LogP contribution in [0.5, 0.6) is 0 Å². The molecule has 0 radical (unpaired) electrons. The first-order valence-corrected chi connectivity index (χ1v) is 4.19. The van der Waals surface area contributed by atoms with E-state index in [2.05, 4.69) is 35.9 Å². The molecule has 1 nitrogen and oxygen atoms in total. The number of hydrogen-bond donors (Lipinski definition) is 1. The van der Waals surface area contributed by atoms with E-state index in [4.69, 9.17) is 0 Å². The molecule has 0 bridgehead atoms. The number of hydrogen-bond acceptors (Lipinski definition) is 1. The maximum Gasteiger partial charge on any atom is 0.0141 e. The van der Waals surface area contributed by atoms with Gasteiger partial charge in [-0.1, -0.05) is 23.8 Å². The van der Waals surface area contributed by atoms with Crippen LogP contribution in [-0.2, 0) is 0 Å². The molecular formula is C6H13NP2. The van der Waals surface area contributed by atoms with Gasteiger partial charge in [-0.15, -0.1) is 18.5 Å². The third-order valence-electron chi connectivity index (χ3n) is 0.797. The van der Waals surface area contributed by atoms with E-state index >= 15 is 0 Å². The summed E-state index contributed by atoms with van der Waals surface area (Å²) in [5, 5.41) is 3.19. The second kappa shape index (κ2) is 8.30. The van der Waals surface area contributed by atoms with E-state index in [0.717, 1.165) is 13.1 Å². The van der Waals surface area contributed by atoms with Crippen molar-refractivity contribution in [3.8, 4) is 0 Å². The van der Waals surface area contributed by atoms with E-state index < -0.39 is 0 Å². The van der Waals surface area contributed by atoms with Gasteiger partial charge in [0.15, 0.2) is 0 Å². The lowest BCUT2D eigenvalue weighted by molar-refractivity contribution is 0.844. The largest absolute Gasteiger partial charge is 0.310 e. The normalized spacial score (nSPS) is 11.8. The fourth-order valence-corrected chi connectivity index (χ4v) is 0.658. The number of rotatable bonds is 4. The Morgan fingerprint density at radius 3 is 1.78 bits per heavy atom. The first-order chi connectivity index (χ1) is 4.41. The van der Waals surface area contributed by atoms with Crippen LogP contribution in [0, 0.1) is 0 Å². The fraction of sp³-hybridized carbons (Fsp3) is 0.333. The second-order valence-electron chi connectivity index (χ2n) is 1.51. The van der Waals surface area contributed by atoms with Crippen molar-refractivity contribution in [2.75, 3.05) is 13.1 Å². The summed E-state index contributed by atoms with van der Waals surface area (Å²) in [5.41, 5.74) is 0. The van der Waals surface area contributed by atoms with Crippen molar-refractivity contribution in [3.05, 3.63) is 23.8 Å². The molecule has 9 heavy (non-hydrogen) atoms. The Morgan fingerprint density at radius 2 is 1.44 bits per heavy atom. The van der Waals surface area contributed by atoms with Gasteiger partial charge in [-0.2, -0.15) is 0 Å². The molecule has 0 aromatic heterocycles. The van der Waals surface area contributed by atoms with Crippen molar-refractivity contribution < 1.29 is 0 Å². The molecule has 3 heteroatoms. The lowest BCUT2D eigenvalue weighted by atomic mass is 10.5. The highest BCUT2D eigenvalue weighted by molar-refractivity contribution is 7.20. The monoisotopic (exact) mass is 161 g/mol. The van der Waals surface area contributed by atoms with Gasteiger partial charge in [-0.25, -0.2) is 0 Å². The highest BCUT2D eigenvalue weighted by atomic mass is 31.0. The Balaban J connectivity index is 2.91. The topological polar surface area (TPSA) is 12.0 Å². The molecular weight excluding hydrogens is 148 g/mol. The molecule has 2 unspecified atom stereocenters. The van der Waals surface area contributed by atoms with Gasteiger partial charge >= 0.3 is 0 Å². The van der Waals surface area contributed by atoms with Crippen LogP contribution in [0.1, 0.15) is 0 Å². The summed E-state index contributed by atoms with van der Waals surface area (Å²) in [6, 6.07) is 0. The van der Waals surface area contributed by atoms with E-state index in [0.29, 0.717) is 0 Å². The molecule has 0 saturated heterocycles. The predicted molar refractivity (Wildman–Crippen MR) is 50.6 cm³/mol. The van der Waals surface area contributed by atoms with E-state index in [1.54, 1.807) is 0 Å². The molecule has 0 fully saturated rings. The molecule has 0 aromatic carbocycles. The molecule has 0 heterocycles. The van der Waals surface area contributed by atoms with Crippen molar-refractivity contribution in [2.24, 2.45) is 0 Å². The molecule has 0 aliphatic rings. The van der Waals surface area contributed by atoms with Crippen molar-refractivity contribution in [1.29, 1.82) is 0 Å². The van der Waals surface area contributed by atoms with Crippen LogP contribution >= 0.6 is 18.5 Å². The van der Waals surface area contributed by atoms with Crippen LogP contribution in [0.2, 0.25) is 0 Å². The van der Waals surface area contributed by atoms with Gasteiger partial charge in [-0.3, -0.25) is 0 Å². The standard InChI is InChI=1S/C6H13NP2/c8-5-1-3-7-4-2-6-9/h1-2,5-7H,3-4,8-9H2. The van der Waals surface area contributed by atoms with Crippen molar-refractivity contribution in [1.82, 2.24) is 5.32 Å². The van der Waals surface area contributed by atoms with Gasteiger partial charge in [-0.05, 0) is 0 Å². The van der Waals surface area contributed by atoms with E-state index in [1.807, 2.05) is 11.6 Å². The van der Waals surface area contributed by atoms with Crippen LogP contribution in [0.3, 0.4) is 0 Å². The zero-order valence-corrected chi connectivity index (χ0v) is 7.69. The highest BCUT2D eigenvalue weighted by Crippen LogP contribution is 1.82. The molecule has 0 saturated carbocycles. The summed E-state index contributed by atoms with van der Waals surface area (Å²) in [6.07, 6.45) is 4.11. The Kier molecular flexibility index (Phi) is 8.58. The van der Waals surface area contributed by atoms with E-state index in [9.17, 15) is 0 Å². The average Bonchev–Trinajstić information content (AvgIpc) is 1.89. The summed E-state index contributed by atoms with van der Waals surface area (Å²) in [7, 11) is 5.07. The lowest BCUT2D eigenvalue weighted by Gasteiger charge is -1.92. The van der Waals surface area contributed by atoms with Crippen LogP contribution < -0.4 is 5.32 Å². The molecule has 0 spiro atoms. The molecule has 0 aliphatic carbocycles. The third kappa shape index (κ3) is 8.30. The van der Waals surface area contributed by atoms with Gasteiger partial charge in [0.2, 0.25) is 0 Å². The maximum atomic E-state index is 3.19. The minimum absolute atomic E-state index is 0.943. The molecule has 2 atom stereocenters. The second-order valence-corrected chi connectivity index (χ2v) is 2.28. The zero-order chi connectivity index (χ0) is 6.95. The van der Waals surface area contributed by atoms with Crippen molar-refractivity contribution in [2.45, 2.75) is 0 Å². The van der Waals surface area contributed by atoms with Gasteiger partial charge in [0, 0.05) is 13.1 Å². The van der Waals surface area contributed by atoms with Crippen LogP contribution in [0.15, 0.2) is 23.8 Å². The molecule has 0 aliphatic heterocycles. The molecule has 1 N–H and O–H groups in total. The summed E-state index contributed by atoms with van der Waals surface area (Å²) >= 11 is 0. The summed E-state index contributed by atoms with van der Waals surface area (Å²) < 4.78 is 0. The SMILES string of the molecule is PC=CCNCC=CP. The van der Waals surface area contributed by atoms with Gasteiger partial charge in [0.05, 0.1) is 0 Å². The van der Waals surface area contributed by atoms with Crippen LogP contribution in [0.4, 0.5) is 0 Å². The molecule has 0 rings (SSSR count). The van der Waals surface area contributed by atoms with E-state index in [1.165, 1.54) is 0 Å². The minimum Gasteiger partial charge on any atom is -0.310 e. The predicted octanol–water partition coefficient (Wildman–Crippen LogP) is 1.35. The Morgan fingerprint density at radius 1 is 1.00 bits per heavy atom. The van der Waals surface area contributed by atoms with Gasteiger partial charge in [0.25, 0.3) is 0 Å². The summed E-state index contributed by atoms with van der Waals surface area (Å²) in [4.78, 5) is 0. The summed E-state index contributed by atoms with van der Waals surface area (Å²) in [6.45, 7) is 1.89. The van der Waals surface area contributed by atoms with Crippen LogP contribution in [-0.4, -0.2) is 13.1 Å². The highest BCUT2D eigenvalue weighted by Gasteiger charge is 1.72. The van der Waals surface area contributed by atoms with Gasteiger partial charge < -0.3 is 5.32 Å². The quantitative estimate of drug-likeness (QED) is 0.484. The minimum atomic E-state index is 0.943. The lowest BCUT2D eigenvalue weighted by Crippen LogP contribution is -2.12. The van der Waals surface area contributed by atoms with Crippen molar-refractivity contribution in [3.63, 3.8) is 0 Å². The summed E-state index contributed by atoms with van der Waals surface area (Å²) in [5.74, 6) is 3.91. The Bertz CT molecular complexity index is 87.2. The number of nitrogens with one attached hydrogen (secondary N) is 1. The smallest absolute Gasteiger partial charge is 0.0141 e. The van der Waals surface area contributed by atoms with E-state index in [-0.39, 0.29) is 0 Å². The average molecular weight is 161 g/mol. The first-order valence-electron chi connectivity index (χ1n) is 2.86. The molecule has 52 valence electrons. The molecule has 0 amide bonds. The van der Waals surface area contributed by atoms with Crippen LogP contribution in [0.25, 0.3) is 0 Å². The van der Waals surface area contributed by atoms with Gasteiger partial charge in [0.1, 0.15) is 0 Å². The molecule has 0 aromatic rings. The Hall–Kier alpha value is 0.300. The Labute approximate surface area is 61.4 Å². The maximum absolute atomic E-state index is 3.19. The fourth-order valence-electron chi connectivity index (χ4n) is 0.386. The zero-order valence-electron chi connectivity index (χ0n) is 5.38. The first kappa shape index (κ1) is 9.30.